The van der Waals surface area contributed by atoms with Crippen molar-refractivity contribution in [2.75, 3.05) is 12.3 Å². The Morgan fingerprint density at radius 1 is 1.50 bits per heavy atom. The van der Waals surface area contributed by atoms with Crippen molar-refractivity contribution < 1.29 is 13.2 Å². The topological polar surface area (TPSA) is 78.8 Å². The standard InChI is InChI=1S/C14H15N3O3S2/c1-10(12-5-3-8-21-12)15-14(18)11-4-2-6-17-7-9-22(19,20)16-13(11)17/h2-6,8,10H,7,9H2,1H3,(H,15,18). The molecule has 0 saturated carbocycles. The summed E-state index contributed by atoms with van der Waals surface area (Å²) in [6.45, 7) is 2.20. The van der Waals surface area contributed by atoms with Crippen LogP contribution in [0.3, 0.4) is 0 Å². The number of carbonyl (C=O) groups excluding carboxylic acids is 1. The second kappa shape index (κ2) is 5.69. The van der Waals surface area contributed by atoms with Crippen LogP contribution >= 0.6 is 11.3 Å². The van der Waals surface area contributed by atoms with Crippen LogP contribution in [-0.2, 0) is 14.8 Å². The monoisotopic (exact) mass is 337 g/mol. The number of nitrogens with zero attached hydrogens (tertiary/aromatic N) is 2. The third kappa shape index (κ3) is 2.97. The summed E-state index contributed by atoms with van der Waals surface area (Å²) in [4.78, 5) is 15.2. The molecule has 2 aliphatic heterocycles. The van der Waals surface area contributed by atoms with E-state index in [1.165, 1.54) is 0 Å². The van der Waals surface area contributed by atoms with Gasteiger partial charge in [0, 0.05) is 17.6 Å². The zero-order valence-electron chi connectivity index (χ0n) is 11.9. The first kappa shape index (κ1) is 15.0. The van der Waals surface area contributed by atoms with Crippen LogP contribution in [0, 0.1) is 0 Å². The number of thiophene rings is 1. The molecular weight excluding hydrogens is 322 g/mol. The van der Waals surface area contributed by atoms with Gasteiger partial charge < -0.3 is 10.2 Å². The fraction of sp³-hybridized carbons (Fsp3) is 0.286. The van der Waals surface area contributed by atoms with Crippen molar-refractivity contribution in [3.05, 3.63) is 46.3 Å². The molecule has 0 bridgehead atoms. The second-order valence-electron chi connectivity index (χ2n) is 5.03. The molecule has 1 amide bonds. The van der Waals surface area contributed by atoms with Crippen molar-refractivity contribution in [3.63, 3.8) is 0 Å². The first-order valence-corrected chi connectivity index (χ1v) is 9.27. The maximum atomic E-state index is 12.5. The van der Waals surface area contributed by atoms with Crippen LogP contribution in [0.15, 0.2) is 45.8 Å². The van der Waals surface area contributed by atoms with Crippen molar-refractivity contribution >= 4 is 33.1 Å². The van der Waals surface area contributed by atoms with Gasteiger partial charge in [-0.15, -0.1) is 15.7 Å². The van der Waals surface area contributed by atoms with Gasteiger partial charge in [-0.1, -0.05) is 6.07 Å². The van der Waals surface area contributed by atoms with Crippen molar-refractivity contribution in [1.82, 2.24) is 10.2 Å². The molecule has 22 heavy (non-hydrogen) atoms. The molecule has 0 spiro atoms. The van der Waals surface area contributed by atoms with Crippen LogP contribution in [0.25, 0.3) is 0 Å². The van der Waals surface area contributed by atoms with E-state index in [9.17, 15) is 13.2 Å². The zero-order valence-corrected chi connectivity index (χ0v) is 13.5. The summed E-state index contributed by atoms with van der Waals surface area (Å²) in [5.41, 5.74) is 0.272. The van der Waals surface area contributed by atoms with Gasteiger partial charge in [0.1, 0.15) is 0 Å². The Morgan fingerprint density at radius 3 is 3.05 bits per heavy atom. The van der Waals surface area contributed by atoms with Gasteiger partial charge in [-0.3, -0.25) is 4.79 Å². The number of carbonyl (C=O) groups is 1. The molecule has 1 aromatic heterocycles. The Labute approximate surface area is 132 Å². The van der Waals surface area contributed by atoms with Crippen LogP contribution in [0.5, 0.6) is 0 Å². The number of allylic oxidation sites excluding steroid dienone is 2. The van der Waals surface area contributed by atoms with E-state index >= 15 is 0 Å². The quantitative estimate of drug-likeness (QED) is 0.905. The molecule has 0 aromatic carbocycles. The Morgan fingerprint density at radius 2 is 2.32 bits per heavy atom. The van der Waals surface area contributed by atoms with Crippen LogP contribution in [0.4, 0.5) is 0 Å². The molecular formula is C14H15N3O3S2. The van der Waals surface area contributed by atoms with Gasteiger partial charge in [0.2, 0.25) is 0 Å². The largest absolute Gasteiger partial charge is 0.345 e. The number of sulfonamides is 1. The van der Waals surface area contributed by atoms with E-state index in [-0.39, 0.29) is 29.1 Å². The molecule has 0 radical (unpaired) electrons. The summed E-state index contributed by atoms with van der Waals surface area (Å²) in [6.07, 6.45) is 5.04. The van der Waals surface area contributed by atoms with E-state index in [0.717, 1.165) is 4.88 Å². The van der Waals surface area contributed by atoms with E-state index in [1.807, 2.05) is 24.4 Å². The van der Waals surface area contributed by atoms with Crippen LogP contribution in [0.2, 0.25) is 0 Å². The number of amidine groups is 1. The van der Waals surface area contributed by atoms with Gasteiger partial charge in [0.05, 0.1) is 17.4 Å². The summed E-state index contributed by atoms with van der Waals surface area (Å²) in [5.74, 6) is -0.169. The summed E-state index contributed by atoms with van der Waals surface area (Å²) < 4.78 is 27.1. The predicted octanol–water partition coefficient (Wildman–Crippen LogP) is 1.42. The Hall–Kier alpha value is -1.93. The van der Waals surface area contributed by atoms with E-state index in [2.05, 4.69) is 9.71 Å². The fourth-order valence-electron chi connectivity index (χ4n) is 2.28. The van der Waals surface area contributed by atoms with E-state index in [1.54, 1.807) is 34.6 Å². The minimum atomic E-state index is -3.50. The lowest BCUT2D eigenvalue weighted by atomic mass is 10.1. The van der Waals surface area contributed by atoms with Crippen LogP contribution in [-0.4, -0.2) is 37.4 Å². The molecule has 8 heteroatoms. The highest BCUT2D eigenvalue weighted by Crippen LogP contribution is 2.21. The third-order valence-electron chi connectivity index (χ3n) is 3.42. The molecule has 6 nitrogen and oxygen atoms in total. The number of nitrogens with one attached hydrogen (secondary N) is 1. The molecule has 1 aromatic rings. The van der Waals surface area contributed by atoms with E-state index < -0.39 is 10.0 Å². The molecule has 1 atom stereocenters. The average Bonchev–Trinajstić information content (AvgIpc) is 2.99. The lowest BCUT2D eigenvalue weighted by molar-refractivity contribution is -0.117. The number of hydrogen-bond acceptors (Lipinski definition) is 5. The summed E-state index contributed by atoms with van der Waals surface area (Å²) in [5, 5.41) is 4.82. The average molecular weight is 337 g/mol. The van der Waals surface area contributed by atoms with Gasteiger partial charge in [0.25, 0.3) is 15.9 Å². The summed E-state index contributed by atoms with van der Waals surface area (Å²) in [7, 11) is -3.50. The Balaban J connectivity index is 1.84. The van der Waals surface area contributed by atoms with Crippen LogP contribution in [0.1, 0.15) is 17.8 Å². The Bertz CT molecular complexity index is 776. The van der Waals surface area contributed by atoms with E-state index in [4.69, 9.17) is 0 Å². The number of fused-ring (bicyclic) bond motifs is 1. The van der Waals surface area contributed by atoms with Gasteiger partial charge in [-0.05, 0) is 30.5 Å². The van der Waals surface area contributed by atoms with E-state index in [0.29, 0.717) is 6.54 Å². The first-order chi connectivity index (χ1) is 10.5. The van der Waals surface area contributed by atoms with Crippen molar-refractivity contribution in [2.45, 2.75) is 13.0 Å². The molecule has 3 heterocycles. The fourth-order valence-corrected chi connectivity index (χ4v) is 4.00. The van der Waals surface area contributed by atoms with Gasteiger partial charge >= 0.3 is 0 Å². The number of hydrogen-bond donors (Lipinski definition) is 1. The van der Waals surface area contributed by atoms with Gasteiger partial charge in [0.15, 0.2) is 5.84 Å². The van der Waals surface area contributed by atoms with Crippen molar-refractivity contribution in [3.8, 4) is 0 Å². The summed E-state index contributed by atoms with van der Waals surface area (Å²) >= 11 is 1.56. The third-order valence-corrected chi connectivity index (χ3v) is 5.62. The first-order valence-electron chi connectivity index (χ1n) is 6.79. The number of rotatable bonds is 3. The minimum Gasteiger partial charge on any atom is -0.345 e. The highest BCUT2D eigenvalue weighted by Gasteiger charge is 2.30. The SMILES string of the molecule is CC(NC(=O)C1=CC=CN2CCS(=O)(=O)N=C12)c1cccs1. The molecule has 0 saturated heterocycles. The predicted molar refractivity (Wildman–Crippen MR) is 86.0 cm³/mol. The molecule has 0 aliphatic carbocycles. The summed E-state index contributed by atoms with van der Waals surface area (Å²) in [6, 6.07) is 3.72. The van der Waals surface area contributed by atoms with Crippen LogP contribution < -0.4 is 5.32 Å². The molecule has 2 aliphatic rings. The lowest BCUT2D eigenvalue weighted by Gasteiger charge is -2.29. The van der Waals surface area contributed by atoms with Gasteiger partial charge in [-0.25, -0.2) is 8.42 Å². The van der Waals surface area contributed by atoms with Crippen molar-refractivity contribution in [1.29, 1.82) is 0 Å². The number of amides is 1. The Kier molecular flexibility index (Phi) is 3.88. The lowest BCUT2D eigenvalue weighted by Crippen LogP contribution is -2.42. The minimum absolute atomic E-state index is 0.0403. The maximum Gasteiger partial charge on any atom is 0.256 e. The smallest absolute Gasteiger partial charge is 0.256 e. The normalized spacial score (nSPS) is 20.7. The molecule has 1 N–H and O–H groups in total. The highest BCUT2D eigenvalue weighted by molar-refractivity contribution is 7.90. The maximum absolute atomic E-state index is 12.5. The molecule has 3 rings (SSSR count). The zero-order chi connectivity index (χ0) is 15.7. The second-order valence-corrected chi connectivity index (χ2v) is 7.76. The van der Waals surface area contributed by atoms with Crippen molar-refractivity contribution in [2.24, 2.45) is 4.40 Å². The highest BCUT2D eigenvalue weighted by atomic mass is 32.2. The van der Waals surface area contributed by atoms with Gasteiger partial charge in [-0.2, -0.15) is 0 Å². The molecule has 116 valence electrons. The molecule has 1 unspecified atom stereocenters. The molecule has 0 fully saturated rings.